The van der Waals surface area contributed by atoms with Crippen LogP contribution in [0.2, 0.25) is 0 Å². The van der Waals surface area contributed by atoms with Crippen molar-refractivity contribution in [3.8, 4) is 11.1 Å². The third-order valence-electron chi connectivity index (χ3n) is 10.3. The first kappa shape index (κ1) is 30.8. The van der Waals surface area contributed by atoms with Crippen molar-refractivity contribution in [3.63, 3.8) is 0 Å². The van der Waals surface area contributed by atoms with Gasteiger partial charge >= 0.3 is 305 Å². The molecule has 236 valence electrons. The van der Waals surface area contributed by atoms with E-state index in [1.54, 1.807) is 6.49 Å². The molecular formula is C49H36Zr. The molecule has 0 saturated heterocycles. The van der Waals surface area contributed by atoms with E-state index < -0.39 is 21.3 Å². The predicted octanol–water partition coefficient (Wildman–Crippen LogP) is 11.9. The molecule has 0 spiro atoms. The third-order valence-corrected chi connectivity index (χ3v) is 18.8. The van der Waals surface area contributed by atoms with E-state index in [4.69, 9.17) is 0 Å². The van der Waals surface area contributed by atoms with Crippen LogP contribution in [0.4, 0.5) is 0 Å². The van der Waals surface area contributed by atoms with Crippen molar-refractivity contribution in [2.75, 3.05) is 0 Å². The average Bonchev–Trinajstić information content (AvgIpc) is 3.76. The van der Waals surface area contributed by atoms with Gasteiger partial charge in [-0.15, -0.1) is 0 Å². The topological polar surface area (TPSA) is 0 Å². The summed E-state index contributed by atoms with van der Waals surface area (Å²) in [6.07, 6.45) is 2.60. The molecule has 0 fully saturated rings. The Labute approximate surface area is 302 Å². The van der Waals surface area contributed by atoms with Crippen LogP contribution in [0.5, 0.6) is 0 Å². The average molecular weight is 716 g/mol. The number of allylic oxidation sites excluding steroid dienone is 4. The second kappa shape index (κ2) is 13.6. The second-order valence-corrected chi connectivity index (χ2v) is 19.1. The second-order valence-electron chi connectivity index (χ2n) is 13.1. The summed E-state index contributed by atoms with van der Waals surface area (Å²) in [4.78, 5) is 0. The van der Waals surface area contributed by atoms with Gasteiger partial charge in [-0.3, -0.25) is 0 Å². The van der Waals surface area contributed by atoms with Crippen molar-refractivity contribution < 1.29 is 21.3 Å². The molecule has 1 unspecified atom stereocenters. The van der Waals surface area contributed by atoms with Crippen LogP contribution in [0.1, 0.15) is 48.5 Å². The summed E-state index contributed by atoms with van der Waals surface area (Å²) < 4.78 is 3.49. The molecule has 0 radical (unpaired) electrons. The fourth-order valence-electron chi connectivity index (χ4n) is 8.22. The molecule has 0 amide bonds. The maximum atomic E-state index is 2.60. The van der Waals surface area contributed by atoms with Crippen molar-refractivity contribution in [3.05, 3.63) is 248 Å². The first-order valence-corrected chi connectivity index (χ1v) is 21.4. The molecule has 0 aliphatic heterocycles. The van der Waals surface area contributed by atoms with Crippen LogP contribution in [0.15, 0.2) is 210 Å². The van der Waals surface area contributed by atoms with Crippen LogP contribution in [0, 0.1) is 0 Å². The molecule has 2 aliphatic rings. The van der Waals surface area contributed by atoms with Crippen LogP contribution in [-0.2, 0) is 21.3 Å². The number of hydrogen-bond donors (Lipinski definition) is 0. The monoisotopic (exact) mass is 714 g/mol. The number of benzene rings is 7. The zero-order valence-electron chi connectivity index (χ0n) is 27.8. The number of rotatable bonds is 7. The van der Waals surface area contributed by atoms with Crippen molar-refractivity contribution in [1.82, 2.24) is 0 Å². The third kappa shape index (κ3) is 5.47. The van der Waals surface area contributed by atoms with Gasteiger partial charge in [-0.25, -0.2) is 0 Å². The molecule has 50 heavy (non-hydrogen) atoms. The molecule has 2 aliphatic carbocycles. The molecule has 0 nitrogen and oxygen atoms in total. The summed E-state index contributed by atoms with van der Waals surface area (Å²) >= 11 is -3.19. The van der Waals surface area contributed by atoms with Gasteiger partial charge in [-0.2, -0.15) is 0 Å². The Morgan fingerprint density at radius 3 is 1.34 bits per heavy atom. The maximum absolute atomic E-state index is 3.19. The minimum atomic E-state index is -3.19. The number of hydrogen-bond acceptors (Lipinski definition) is 0. The van der Waals surface area contributed by atoms with Gasteiger partial charge in [-0.05, 0) is 0 Å². The Morgan fingerprint density at radius 1 is 0.400 bits per heavy atom. The summed E-state index contributed by atoms with van der Waals surface area (Å²) in [5, 5.41) is 0. The van der Waals surface area contributed by atoms with Crippen LogP contribution < -0.4 is 0 Å². The zero-order valence-corrected chi connectivity index (χ0v) is 30.2. The fourth-order valence-corrected chi connectivity index (χ4v) is 18.3. The molecule has 0 heterocycles. The van der Waals surface area contributed by atoms with E-state index in [1.165, 1.54) is 61.2 Å². The standard InChI is InChI=1S/C23H17.C13H9.C13H10.Zr/c1-4-10-18(11-5-1)21-16-22(19-12-6-2-7-13-19)23(17-21)20-14-8-3-9-15-20;1-3-7-12-10(5-1)9-11-6-2-4-8-13(11)12;1-3-7-12(8-4-1)11-13-9-5-2-6-10-13;/h1-16,21H;1-9H;1-10H;. The van der Waals surface area contributed by atoms with Gasteiger partial charge in [0.25, 0.3) is 0 Å². The molecule has 1 heteroatoms. The fraction of sp³-hybridized carbons (Fsp3) is 0.0408. The summed E-state index contributed by atoms with van der Waals surface area (Å²) in [7, 11) is 0. The van der Waals surface area contributed by atoms with Gasteiger partial charge in [0.2, 0.25) is 0 Å². The van der Waals surface area contributed by atoms with Crippen LogP contribution >= 0.6 is 0 Å². The Hall–Kier alpha value is -5.23. The van der Waals surface area contributed by atoms with Crippen molar-refractivity contribution in [1.29, 1.82) is 0 Å². The zero-order chi connectivity index (χ0) is 33.3. The van der Waals surface area contributed by atoms with Crippen LogP contribution in [0.3, 0.4) is 0 Å². The molecule has 7 aromatic carbocycles. The minimum absolute atomic E-state index is 0.151. The van der Waals surface area contributed by atoms with Gasteiger partial charge in [0.1, 0.15) is 0 Å². The molecule has 0 bridgehead atoms. The van der Waals surface area contributed by atoms with E-state index in [2.05, 4.69) is 206 Å². The van der Waals surface area contributed by atoms with E-state index in [0.29, 0.717) is 3.63 Å². The van der Waals surface area contributed by atoms with Gasteiger partial charge in [0.05, 0.1) is 0 Å². The summed E-state index contributed by atoms with van der Waals surface area (Å²) in [5.41, 5.74) is 15.1. The molecule has 7 aromatic rings. The molecule has 0 aromatic heterocycles. The van der Waals surface area contributed by atoms with Gasteiger partial charge in [0.15, 0.2) is 0 Å². The normalized spacial score (nSPS) is 15.0. The number of fused-ring (bicyclic) bond motifs is 3. The Balaban J connectivity index is 1.49. The van der Waals surface area contributed by atoms with Gasteiger partial charge in [0, 0.05) is 0 Å². The van der Waals surface area contributed by atoms with Gasteiger partial charge in [-0.1, -0.05) is 0 Å². The van der Waals surface area contributed by atoms with Crippen molar-refractivity contribution >= 4 is 14.4 Å². The van der Waals surface area contributed by atoms with E-state index in [1.807, 2.05) is 0 Å². The Bertz CT molecular complexity index is 2300. The van der Waals surface area contributed by atoms with Crippen LogP contribution in [0.25, 0.3) is 22.3 Å². The predicted molar refractivity (Wildman–Crippen MR) is 207 cm³/mol. The molecule has 0 saturated carbocycles. The summed E-state index contributed by atoms with van der Waals surface area (Å²) in [6.45, 7) is 0. The first-order valence-electron chi connectivity index (χ1n) is 17.5. The SMILES string of the molecule is C1=C(c2ccccc2)C(c2ccccc2)=[C]([Zr](=[C](c2ccccc2)c2ccccc2)[CH]2c3ccccc3-c3ccccc32)C1c1ccccc1. The molecular weight excluding hydrogens is 680 g/mol. The Kier molecular flexibility index (Phi) is 8.37. The van der Waals surface area contributed by atoms with E-state index in [9.17, 15) is 0 Å². The molecule has 1 atom stereocenters. The Morgan fingerprint density at radius 2 is 0.820 bits per heavy atom. The summed E-state index contributed by atoms with van der Waals surface area (Å²) in [5.74, 6) is 0.151. The first-order chi connectivity index (χ1) is 24.9. The van der Waals surface area contributed by atoms with E-state index in [-0.39, 0.29) is 5.92 Å². The van der Waals surface area contributed by atoms with Gasteiger partial charge < -0.3 is 0 Å². The molecule has 0 N–H and O–H groups in total. The van der Waals surface area contributed by atoms with Crippen molar-refractivity contribution in [2.45, 2.75) is 9.54 Å². The van der Waals surface area contributed by atoms with E-state index >= 15 is 0 Å². The molecule has 9 rings (SSSR count). The quantitative estimate of drug-likeness (QED) is 0.154. The van der Waals surface area contributed by atoms with Crippen LogP contribution in [-0.4, -0.2) is 3.21 Å². The van der Waals surface area contributed by atoms with E-state index in [0.717, 1.165) is 0 Å². The summed E-state index contributed by atoms with van der Waals surface area (Å²) in [6, 6.07) is 74.7. The van der Waals surface area contributed by atoms with Crippen molar-refractivity contribution in [2.24, 2.45) is 0 Å².